The maximum atomic E-state index is 6.44. The molecule has 0 radical (unpaired) electrons. The molecule has 1 aromatic rings. The van der Waals surface area contributed by atoms with E-state index in [0.29, 0.717) is 6.04 Å². The van der Waals surface area contributed by atoms with Crippen molar-refractivity contribution in [1.82, 2.24) is 14.7 Å². The summed E-state index contributed by atoms with van der Waals surface area (Å²) in [5.41, 5.74) is 7.74. The highest BCUT2D eigenvalue weighted by Gasteiger charge is 2.40. The minimum absolute atomic E-state index is 0.212. The molecule has 2 fully saturated rings. The van der Waals surface area contributed by atoms with Crippen molar-refractivity contribution in [2.45, 2.75) is 57.2 Å². The van der Waals surface area contributed by atoms with Gasteiger partial charge < -0.3 is 5.73 Å². The normalized spacial score (nSPS) is 22.7. The predicted octanol–water partition coefficient (Wildman–Crippen LogP) is 2.07. The Morgan fingerprint density at radius 2 is 2.16 bits per heavy atom. The molecule has 0 amide bonds. The first-order chi connectivity index (χ1) is 9.19. The Balaban J connectivity index is 1.82. The molecular formula is C15H26N4. The zero-order valence-corrected chi connectivity index (χ0v) is 12.1. The lowest BCUT2D eigenvalue weighted by molar-refractivity contribution is 0.152. The van der Waals surface area contributed by atoms with Crippen LogP contribution >= 0.6 is 0 Å². The second-order valence-electron chi connectivity index (χ2n) is 6.34. The maximum Gasteiger partial charge on any atom is 0.0538 e. The van der Waals surface area contributed by atoms with E-state index in [0.717, 1.165) is 18.4 Å². The van der Waals surface area contributed by atoms with Crippen LogP contribution in [0.5, 0.6) is 0 Å². The fraction of sp³-hybridized carbons (Fsp3) is 0.800. The number of hydrogen-bond donors (Lipinski definition) is 1. The van der Waals surface area contributed by atoms with E-state index in [1.54, 1.807) is 0 Å². The SMILES string of the molecule is CCC(N)C(c1cnn(C)c1)N(CC1CC1)C1CC1. The van der Waals surface area contributed by atoms with Gasteiger partial charge in [0.15, 0.2) is 0 Å². The fourth-order valence-corrected chi connectivity index (χ4v) is 3.00. The molecule has 2 saturated carbocycles. The second-order valence-corrected chi connectivity index (χ2v) is 6.34. The molecule has 1 aromatic heterocycles. The van der Waals surface area contributed by atoms with Crippen molar-refractivity contribution in [3.8, 4) is 0 Å². The van der Waals surface area contributed by atoms with E-state index in [9.17, 15) is 0 Å². The van der Waals surface area contributed by atoms with Crippen LogP contribution in [0.25, 0.3) is 0 Å². The Labute approximate surface area is 116 Å². The summed E-state index contributed by atoms with van der Waals surface area (Å²) in [6.07, 6.45) is 10.7. The predicted molar refractivity (Wildman–Crippen MR) is 76.7 cm³/mol. The van der Waals surface area contributed by atoms with Crippen molar-refractivity contribution in [1.29, 1.82) is 0 Å². The molecule has 0 bridgehead atoms. The Hall–Kier alpha value is -0.870. The largest absolute Gasteiger partial charge is 0.326 e. The monoisotopic (exact) mass is 262 g/mol. The topological polar surface area (TPSA) is 47.1 Å². The zero-order valence-electron chi connectivity index (χ0n) is 12.1. The summed E-state index contributed by atoms with van der Waals surface area (Å²) in [6, 6.07) is 1.33. The first-order valence-corrected chi connectivity index (χ1v) is 7.69. The Morgan fingerprint density at radius 1 is 1.42 bits per heavy atom. The third-order valence-corrected chi connectivity index (χ3v) is 4.48. The number of nitrogens with zero attached hydrogens (tertiary/aromatic N) is 3. The van der Waals surface area contributed by atoms with Gasteiger partial charge in [0.2, 0.25) is 0 Å². The average molecular weight is 262 g/mol. The molecule has 4 heteroatoms. The van der Waals surface area contributed by atoms with Crippen LogP contribution < -0.4 is 5.73 Å². The number of nitrogens with two attached hydrogens (primary N) is 1. The summed E-state index contributed by atoms with van der Waals surface area (Å²) in [5.74, 6) is 0.920. The van der Waals surface area contributed by atoms with E-state index in [2.05, 4.69) is 23.1 Å². The summed E-state index contributed by atoms with van der Waals surface area (Å²) in [5, 5.41) is 4.35. The van der Waals surface area contributed by atoms with E-state index >= 15 is 0 Å². The van der Waals surface area contributed by atoms with Gasteiger partial charge in [0, 0.05) is 37.4 Å². The first-order valence-electron chi connectivity index (χ1n) is 7.69. The van der Waals surface area contributed by atoms with Gasteiger partial charge in [0.1, 0.15) is 0 Å². The highest BCUT2D eigenvalue weighted by molar-refractivity contribution is 5.15. The minimum Gasteiger partial charge on any atom is -0.326 e. The van der Waals surface area contributed by atoms with Gasteiger partial charge in [-0.25, -0.2) is 0 Å². The van der Waals surface area contributed by atoms with E-state index in [1.165, 1.54) is 37.8 Å². The lowest BCUT2D eigenvalue weighted by Gasteiger charge is -2.35. The van der Waals surface area contributed by atoms with Gasteiger partial charge in [-0.2, -0.15) is 5.10 Å². The van der Waals surface area contributed by atoms with E-state index in [4.69, 9.17) is 5.73 Å². The number of rotatable bonds is 7. The van der Waals surface area contributed by atoms with Crippen molar-refractivity contribution >= 4 is 0 Å². The highest BCUT2D eigenvalue weighted by atomic mass is 15.3. The van der Waals surface area contributed by atoms with Gasteiger partial charge >= 0.3 is 0 Å². The molecule has 2 aliphatic carbocycles. The summed E-state index contributed by atoms with van der Waals surface area (Å²) in [7, 11) is 1.99. The van der Waals surface area contributed by atoms with Crippen LogP contribution in [-0.2, 0) is 7.05 Å². The molecular weight excluding hydrogens is 236 g/mol. The third-order valence-electron chi connectivity index (χ3n) is 4.48. The second kappa shape index (κ2) is 5.25. The molecule has 4 nitrogen and oxygen atoms in total. The van der Waals surface area contributed by atoms with Crippen LogP contribution in [0.3, 0.4) is 0 Å². The Bertz CT molecular complexity index is 420. The molecule has 2 atom stereocenters. The van der Waals surface area contributed by atoms with Crippen LogP contribution in [0, 0.1) is 5.92 Å². The van der Waals surface area contributed by atoms with Gasteiger partial charge in [-0.1, -0.05) is 6.92 Å². The molecule has 19 heavy (non-hydrogen) atoms. The number of aromatic nitrogens is 2. The van der Waals surface area contributed by atoms with E-state index < -0.39 is 0 Å². The molecule has 3 rings (SSSR count). The van der Waals surface area contributed by atoms with Crippen molar-refractivity contribution in [2.75, 3.05) is 6.54 Å². The van der Waals surface area contributed by atoms with Gasteiger partial charge in [0.05, 0.1) is 12.2 Å². The van der Waals surface area contributed by atoms with E-state index in [-0.39, 0.29) is 6.04 Å². The zero-order chi connectivity index (χ0) is 13.4. The molecule has 2 unspecified atom stereocenters. The van der Waals surface area contributed by atoms with Crippen LogP contribution in [0.2, 0.25) is 0 Å². The summed E-state index contributed by atoms with van der Waals surface area (Å²) in [4.78, 5) is 2.68. The molecule has 2 aliphatic rings. The molecule has 1 heterocycles. The molecule has 0 saturated heterocycles. The molecule has 0 aromatic carbocycles. The Morgan fingerprint density at radius 3 is 2.63 bits per heavy atom. The van der Waals surface area contributed by atoms with Crippen LogP contribution in [0.15, 0.2) is 12.4 Å². The van der Waals surface area contributed by atoms with E-state index in [1.807, 2.05) is 17.9 Å². The first kappa shape index (κ1) is 13.1. The molecule has 0 aliphatic heterocycles. The van der Waals surface area contributed by atoms with Crippen molar-refractivity contribution in [3.63, 3.8) is 0 Å². The number of aryl methyl sites for hydroxylation is 1. The molecule has 0 spiro atoms. The lowest BCUT2D eigenvalue weighted by Crippen LogP contribution is -2.43. The highest BCUT2D eigenvalue weighted by Crippen LogP contribution is 2.40. The van der Waals surface area contributed by atoms with Gasteiger partial charge in [-0.3, -0.25) is 9.58 Å². The van der Waals surface area contributed by atoms with Gasteiger partial charge in [-0.05, 0) is 38.0 Å². The third kappa shape index (κ3) is 3.00. The summed E-state index contributed by atoms with van der Waals surface area (Å²) in [6.45, 7) is 3.42. The molecule has 106 valence electrons. The number of hydrogen-bond acceptors (Lipinski definition) is 3. The van der Waals surface area contributed by atoms with Gasteiger partial charge in [0.25, 0.3) is 0 Å². The standard InChI is InChI=1S/C15H26N4/c1-3-14(16)15(12-8-17-18(2)10-12)19(13-6-7-13)9-11-4-5-11/h8,10-11,13-15H,3-7,9,16H2,1-2H3. The average Bonchev–Trinajstić information content (AvgIpc) is 3.29. The van der Waals surface area contributed by atoms with Crippen molar-refractivity contribution in [3.05, 3.63) is 18.0 Å². The Kier molecular flexibility index (Phi) is 3.63. The fourth-order valence-electron chi connectivity index (χ4n) is 3.00. The lowest BCUT2D eigenvalue weighted by atomic mass is 9.98. The van der Waals surface area contributed by atoms with Crippen LogP contribution in [-0.4, -0.2) is 33.3 Å². The maximum absolute atomic E-state index is 6.44. The van der Waals surface area contributed by atoms with Gasteiger partial charge in [-0.15, -0.1) is 0 Å². The summed E-state index contributed by atoms with van der Waals surface area (Å²) >= 11 is 0. The smallest absolute Gasteiger partial charge is 0.0538 e. The van der Waals surface area contributed by atoms with Crippen LogP contribution in [0.4, 0.5) is 0 Å². The van der Waals surface area contributed by atoms with Crippen molar-refractivity contribution in [2.24, 2.45) is 18.7 Å². The minimum atomic E-state index is 0.212. The summed E-state index contributed by atoms with van der Waals surface area (Å²) < 4.78 is 1.90. The van der Waals surface area contributed by atoms with Crippen molar-refractivity contribution < 1.29 is 0 Å². The van der Waals surface area contributed by atoms with Crippen LogP contribution in [0.1, 0.15) is 50.6 Å². The quantitative estimate of drug-likeness (QED) is 0.818. The molecule has 2 N–H and O–H groups in total.